The van der Waals surface area contributed by atoms with Gasteiger partial charge in [0.2, 0.25) is 0 Å². The fourth-order valence-electron chi connectivity index (χ4n) is 3.44. The molecule has 1 unspecified atom stereocenters. The van der Waals surface area contributed by atoms with Gasteiger partial charge in [0.05, 0.1) is 19.5 Å². The summed E-state index contributed by atoms with van der Waals surface area (Å²) in [7, 11) is 0. The van der Waals surface area contributed by atoms with Crippen molar-refractivity contribution >= 4 is 35.8 Å². The second-order valence-electron chi connectivity index (χ2n) is 7.15. The van der Waals surface area contributed by atoms with Gasteiger partial charge in [0.15, 0.2) is 0 Å². The second kappa shape index (κ2) is 8.82. The van der Waals surface area contributed by atoms with Gasteiger partial charge in [-0.25, -0.2) is 14.6 Å². The molecule has 2 fully saturated rings. The highest BCUT2D eigenvalue weighted by Gasteiger charge is 2.32. The molecular weight excluding hydrogens is 400 g/mol. The van der Waals surface area contributed by atoms with Crippen LogP contribution in [0, 0.1) is 0 Å². The Bertz CT molecular complexity index is 1010. The molecule has 3 N–H and O–H groups in total. The molecule has 2 aliphatic rings. The Hall–Kier alpha value is -3.95. The highest BCUT2D eigenvalue weighted by atomic mass is 16.6. The van der Waals surface area contributed by atoms with Crippen molar-refractivity contribution in [3.8, 4) is 11.1 Å². The number of hydrogen-bond donors (Lipinski definition) is 2. The molecule has 4 rings (SSSR count). The first-order valence-corrected chi connectivity index (χ1v) is 9.87. The lowest BCUT2D eigenvalue weighted by atomic mass is 10.1. The number of rotatable bonds is 7. The largest absolute Gasteiger partial charge is 0.442 e. The zero-order valence-electron chi connectivity index (χ0n) is 16.7. The van der Waals surface area contributed by atoms with E-state index in [4.69, 9.17) is 10.5 Å². The molecule has 0 spiro atoms. The number of nitrogens with one attached hydrogen (secondary N) is 1. The maximum Gasteiger partial charge on any atom is 0.414 e. The predicted molar refractivity (Wildman–Crippen MR) is 115 cm³/mol. The van der Waals surface area contributed by atoms with E-state index in [1.807, 2.05) is 36.4 Å². The fraction of sp³-hybridized carbons (Fsp3) is 0.286. The third-order valence-electron chi connectivity index (χ3n) is 5.06. The van der Waals surface area contributed by atoms with Crippen LogP contribution in [0.2, 0.25) is 0 Å². The number of cyclic esters (lactones) is 1. The number of amides is 3. The first-order valence-electron chi connectivity index (χ1n) is 9.87. The van der Waals surface area contributed by atoms with Crippen molar-refractivity contribution in [2.24, 2.45) is 10.7 Å². The number of urea groups is 1. The van der Waals surface area contributed by atoms with Crippen LogP contribution in [0.3, 0.4) is 0 Å². The summed E-state index contributed by atoms with van der Waals surface area (Å²) in [5.74, 6) is 0.830. The van der Waals surface area contributed by atoms with Crippen molar-refractivity contribution in [2.75, 3.05) is 36.0 Å². The quantitative estimate of drug-likeness (QED) is 0.396. The van der Waals surface area contributed by atoms with Gasteiger partial charge in [-0.05, 0) is 29.8 Å². The van der Waals surface area contributed by atoms with Crippen LogP contribution < -0.4 is 20.9 Å². The van der Waals surface area contributed by atoms with Gasteiger partial charge < -0.3 is 20.6 Å². The van der Waals surface area contributed by atoms with E-state index in [9.17, 15) is 14.4 Å². The van der Waals surface area contributed by atoms with Crippen LogP contribution in [0.1, 0.15) is 6.42 Å². The van der Waals surface area contributed by atoms with Crippen LogP contribution in [0.4, 0.5) is 21.1 Å². The third-order valence-corrected chi connectivity index (χ3v) is 5.06. The minimum Gasteiger partial charge on any atom is -0.442 e. The summed E-state index contributed by atoms with van der Waals surface area (Å²) < 4.78 is 5.33. The second-order valence-corrected chi connectivity index (χ2v) is 7.15. The molecule has 0 saturated carbocycles. The topological polar surface area (TPSA) is 130 Å². The number of anilines is 2. The van der Waals surface area contributed by atoms with Gasteiger partial charge in [-0.15, -0.1) is 0 Å². The van der Waals surface area contributed by atoms with Gasteiger partial charge in [-0.3, -0.25) is 14.8 Å². The van der Waals surface area contributed by atoms with E-state index in [0.717, 1.165) is 11.1 Å². The highest BCUT2D eigenvalue weighted by Crippen LogP contribution is 2.27. The van der Waals surface area contributed by atoms with E-state index in [1.165, 1.54) is 4.90 Å². The molecule has 10 heteroatoms. The van der Waals surface area contributed by atoms with E-state index in [0.29, 0.717) is 37.4 Å². The van der Waals surface area contributed by atoms with Crippen molar-refractivity contribution in [3.05, 3.63) is 42.6 Å². The standard InChI is InChI=1S/C21H22N6O4/c22-18(7-10-28)24-12-17-13-27(21(30)31-17)16-4-1-14(2-5-16)15-3-6-19(25-11-15)26-9-8-23-20(26)29/h1-6,10-11,17H,7-9,12-13H2,(H2,22,24)(H,23,29). The number of benzene rings is 1. The molecular formula is C21H22N6O4. The lowest BCUT2D eigenvalue weighted by Crippen LogP contribution is -2.28. The summed E-state index contributed by atoms with van der Waals surface area (Å²) in [6.07, 6.45) is 1.60. The summed E-state index contributed by atoms with van der Waals surface area (Å²) in [5, 5.41) is 2.75. The highest BCUT2D eigenvalue weighted by molar-refractivity contribution is 5.93. The number of hydrogen-bond acceptors (Lipinski definition) is 6. The fourth-order valence-corrected chi connectivity index (χ4v) is 3.44. The lowest BCUT2D eigenvalue weighted by molar-refractivity contribution is -0.106. The van der Waals surface area contributed by atoms with E-state index < -0.39 is 12.2 Å². The number of amidine groups is 1. The minimum absolute atomic E-state index is 0.0624. The Kier molecular flexibility index (Phi) is 5.78. The zero-order chi connectivity index (χ0) is 21.8. The summed E-state index contributed by atoms with van der Waals surface area (Å²) in [5.41, 5.74) is 8.15. The molecule has 1 atom stereocenters. The molecule has 2 saturated heterocycles. The van der Waals surface area contributed by atoms with Gasteiger partial charge in [0.1, 0.15) is 24.0 Å². The molecule has 0 radical (unpaired) electrons. The van der Waals surface area contributed by atoms with Crippen LogP contribution >= 0.6 is 0 Å². The van der Waals surface area contributed by atoms with Crippen molar-refractivity contribution in [3.63, 3.8) is 0 Å². The van der Waals surface area contributed by atoms with Gasteiger partial charge in [-0.2, -0.15) is 0 Å². The molecule has 3 heterocycles. The normalized spacial score (nSPS) is 18.8. The number of pyridine rings is 1. The van der Waals surface area contributed by atoms with Gasteiger partial charge in [-0.1, -0.05) is 12.1 Å². The molecule has 160 valence electrons. The summed E-state index contributed by atoms with van der Waals surface area (Å²) in [4.78, 5) is 46.0. The Labute approximate surface area is 178 Å². The molecule has 2 aliphatic heterocycles. The minimum atomic E-state index is -0.447. The van der Waals surface area contributed by atoms with Crippen molar-refractivity contribution in [1.29, 1.82) is 0 Å². The predicted octanol–water partition coefficient (Wildman–Crippen LogP) is 1.55. The van der Waals surface area contributed by atoms with Crippen LogP contribution in [0.25, 0.3) is 11.1 Å². The molecule has 1 aromatic heterocycles. The molecule has 1 aromatic carbocycles. The van der Waals surface area contributed by atoms with E-state index >= 15 is 0 Å². The first-order chi connectivity index (χ1) is 15.0. The van der Waals surface area contributed by atoms with Crippen molar-refractivity contribution < 1.29 is 19.1 Å². The lowest BCUT2D eigenvalue weighted by Gasteiger charge is -2.14. The molecule has 31 heavy (non-hydrogen) atoms. The van der Waals surface area contributed by atoms with E-state index in [1.54, 1.807) is 11.1 Å². The average Bonchev–Trinajstić information content (AvgIpc) is 3.38. The Morgan fingerprint density at radius 3 is 2.61 bits per heavy atom. The zero-order valence-corrected chi connectivity index (χ0v) is 16.7. The third kappa shape index (κ3) is 4.47. The smallest absolute Gasteiger partial charge is 0.414 e. The van der Waals surface area contributed by atoms with Gasteiger partial charge >= 0.3 is 12.1 Å². The number of aliphatic imine (C=N–C) groups is 1. The number of nitrogens with zero attached hydrogens (tertiary/aromatic N) is 4. The van der Waals surface area contributed by atoms with Crippen LogP contribution in [-0.4, -0.2) is 61.5 Å². The maximum absolute atomic E-state index is 12.2. The SMILES string of the molecule is NC(CC=O)=NCC1CN(c2ccc(-c3ccc(N4CCNC4=O)nc3)cc2)C(=O)O1. The Morgan fingerprint density at radius 1 is 1.19 bits per heavy atom. The molecule has 0 aliphatic carbocycles. The number of carbonyl (C=O) groups excluding carboxylic acids is 3. The average molecular weight is 422 g/mol. The number of carbonyl (C=O) groups is 3. The van der Waals surface area contributed by atoms with E-state index in [2.05, 4.69) is 15.3 Å². The van der Waals surface area contributed by atoms with Crippen LogP contribution in [-0.2, 0) is 9.53 Å². The Morgan fingerprint density at radius 2 is 1.97 bits per heavy atom. The number of nitrogens with two attached hydrogens (primary N) is 1. The number of aromatic nitrogens is 1. The van der Waals surface area contributed by atoms with Crippen LogP contribution in [0.15, 0.2) is 47.6 Å². The maximum atomic E-state index is 12.2. The molecule has 0 bridgehead atoms. The molecule has 10 nitrogen and oxygen atoms in total. The van der Waals surface area contributed by atoms with Gasteiger partial charge in [0.25, 0.3) is 0 Å². The summed E-state index contributed by atoms with van der Waals surface area (Å²) >= 11 is 0. The summed E-state index contributed by atoms with van der Waals surface area (Å²) in [6, 6.07) is 11.1. The van der Waals surface area contributed by atoms with E-state index in [-0.39, 0.29) is 24.8 Å². The molecule has 3 amide bonds. The van der Waals surface area contributed by atoms with Crippen molar-refractivity contribution in [1.82, 2.24) is 10.3 Å². The van der Waals surface area contributed by atoms with Crippen LogP contribution in [0.5, 0.6) is 0 Å². The van der Waals surface area contributed by atoms with Gasteiger partial charge in [0, 0.05) is 30.5 Å². The number of aldehydes is 1. The Balaban J connectivity index is 1.41. The van der Waals surface area contributed by atoms with Crippen molar-refractivity contribution in [2.45, 2.75) is 12.5 Å². The monoisotopic (exact) mass is 422 g/mol. The summed E-state index contributed by atoms with van der Waals surface area (Å²) in [6.45, 7) is 1.78. The molecule has 2 aromatic rings. The number of ether oxygens (including phenoxy) is 1. The first kappa shape index (κ1) is 20.3.